The summed E-state index contributed by atoms with van der Waals surface area (Å²) in [4.78, 5) is 12.0. The zero-order chi connectivity index (χ0) is 16.8. The molecule has 3 heteroatoms. The van der Waals surface area contributed by atoms with E-state index in [2.05, 4.69) is 29.6 Å². The SMILES string of the molecule is O=C(CCNc1ccc(C2CCCCC2)cc1)c1ccc(F)cc1. The van der Waals surface area contributed by atoms with Crippen LogP contribution in [0.2, 0.25) is 0 Å². The third-order valence-corrected chi connectivity index (χ3v) is 4.83. The molecule has 1 saturated carbocycles. The average molecular weight is 325 g/mol. The van der Waals surface area contributed by atoms with E-state index in [0.29, 0.717) is 24.4 Å². The maximum absolute atomic E-state index is 12.9. The van der Waals surface area contributed by atoms with E-state index in [1.54, 1.807) is 0 Å². The number of benzene rings is 2. The number of hydrogen-bond donors (Lipinski definition) is 1. The number of Topliss-reactive ketones (excluding diaryl/α,β-unsaturated/α-hetero) is 1. The number of hydrogen-bond acceptors (Lipinski definition) is 2. The smallest absolute Gasteiger partial charge is 0.164 e. The van der Waals surface area contributed by atoms with Crippen LogP contribution in [0.4, 0.5) is 10.1 Å². The van der Waals surface area contributed by atoms with Crippen LogP contribution in [0.25, 0.3) is 0 Å². The Morgan fingerprint density at radius 1 is 0.958 bits per heavy atom. The summed E-state index contributed by atoms with van der Waals surface area (Å²) in [6.07, 6.45) is 7.07. The van der Waals surface area contributed by atoms with Crippen LogP contribution < -0.4 is 5.32 Å². The third kappa shape index (κ3) is 4.44. The highest BCUT2D eigenvalue weighted by atomic mass is 19.1. The zero-order valence-corrected chi connectivity index (χ0v) is 13.9. The molecular weight excluding hydrogens is 301 g/mol. The van der Waals surface area contributed by atoms with Crippen LogP contribution in [-0.2, 0) is 0 Å². The second kappa shape index (κ2) is 8.09. The number of rotatable bonds is 6. The Balaban J connectivity index is 1.48. The van der Waals surface area contributed by atoms with Gasteiger partial charge >= 0.3 is 0 Å². The highest BCUT2D eigenvalue weighted by Crippen LogP contribution is 2.32. The summed E-state index contributed by atoms with van der Waals surface area (Å²) < 4.78 is 12.9. The van der Waals surface area contributed by atoms with Crippen LogP contribution >= 0.6 is 0 Å². The van der Waals surface area contributed by atoms with Crippen LogP contribution in [0.5, 0.6) is 0 Å². The molecule has 2 nitrogen and oxygen atoms in total. The van der Waals surface area contributed by atoms with Gasteiger partial charge in [-0.25, -0.2) is 4.39 Å². The van der Waals surface area contributed by atoms with Crippen molar-refractivity contribution in [3.63, 3.8) is 0 Å². The first-order valence-electron chi connectivity index (χ1n) is 8.85. The monoisotopic (exact) mass is 325 g/mol. The lowest BCUT2D eigenvalue weighted by atomic mass is 9.84. The molecule has 2 aromatic carbocycles. The Bertz CT molecular complexity index is 657. The van der Waals surface area contributed by atoms with Gasteiger partial charge in [0.25, 0.3) is 0 Å². The molecule has 24 heavy (non-hydrogen) atoms. The third-order valence-electron chi connectivity index (χ3n) is 4.83. The Morgan fingerprint density at radius 3 is 2.29 bits per heavy atom. The van der Waals surface area contributed by atoms with E-state index >= 15 is 0 Å². The summed E-state index contributed by atoms with van der Waals surface area (Å²) in [5.41, 5.74) is 3.04. The molecule has 3 rings (SSSR count). The standard InChI is InChI=1S/C21H24FNO/c22-19-10-6-18(7-11-19)21(24)14-15-23-20-12-8-17(9-13-20)16-4-2-1-3-5-16/h6-13,16,23H,1-5,14-15H2. The molecular formula is C21H24FNO. The van der Waals surface area contributed by atoms with E-state index in [1.165, 1.54) is 61.9 Å². The molecule has 0 bridgehead atoms. The first-order valence-corrected chi connectivity index (χ1v) is 8.85. The molecule has 126 valence electrons. The van der Waals surface area contributed by atoms with Crippen molar-refractivity contribution in [1.82, 2.24) is 0 Å². The highest BCUT2D eigenvalue weighted by molar-refractivity contribution is 5.96. The Morgan fingerprint density at radius 2 is 1.62 bits per heavy atom. The van der Waals surface area contributed by atoms with Crippen LogP contribution in [0.3, 0.4) is 0 Å². The van der Waals surface area contributed by atoms with E-state index in [4.69, 9.17) is 0 Å². The van der Waals surface area contributed by atoms with Gasteiger partial charge in [-0.3, -0.25) is 4.79 Å². The first-order chi connectivity index (χ1) is 11.7. The molecule has 0 unspecified atom stereocenters. The summed E-state index contributed by atoms with van der Waals surface area (Å²) in [5.74, 6) is 0.428. The van der Waals surface area contributed by atoms with Gasteiger partial charge in [-0.2, -0.15) is 0 Å². The molecule has 0 atom stereocenters. The molecule has 1 aliphatic rings. The maximum Gasteiger partial charge on any atom is 0.164 e. The van der Waals surface area contributed by atoms with Crippen molar-refractivity contribution in [2.45, 2.75) is 44.4 Å². The van der Waals surface area contributed by atoms with Gasteiger partial charge in [-0.15, -0.1) is 0 Å². The fraction of sp³-hybridized carbons (Fsp3) is 0.381. The minimum atomic E-state index is -0.317. The molecule has 0 amide bonds. The summed E-state index contributed by atoms with van der Waals surface area (Å²) in [5, 5.41) is 3.29. The molecule has 1 fully saturated rings. The minimum absolute atomic E-state index is 0.0290. The Kier molecular flexibility index (Phi) is 5.63. The van der Waals surface area contributed by atoms with E-state index in [0.717, 1.165) is 5.69 Å². The second-order valence-corrected chi connectivity index (χ2v) is 6.56. The lowest BCUT2D eigenvalue weighted by Gasteiger charge is -2.22. The summed E-state index contributed by atoms with van der Waals surface area (Å²) >= 11 is 0. The first kappa shape index (κ1) is 16.7. The Labute approximate surface area is 143 Å². The van der Waals surface area contributed by atoms with Crippen molar-refractivity contribution in [1.29, 1.82) is 0 Å². The van der Waals surface area contributed by atoms with Crippen LogP contribution in [0, 0.1) is 5.82 Å². The van der Waals surface area contributed by atoms with Gasteiger partial charge in [0.15, 0.2) is 5.78 Å². The molecule has 0 heterocycles. The van der Waals surface area contributed by atoms with Gasteiger partial charge in [0.05, 0.1) is 0 Å². The molecule has 0 saturated heterocycles. The zero-order valence-electron chi connectivity index (χ0n) is 13.9. The number of anilines is 1. The van der Waals surface area contributed by atoms with Crippen molar-refractivity contribution < 1.29 is 9.18 Å². The summed E-state index contributed by atoms with van der Waals surface area (Å²) in [7, 11) is 0. The molecule has 0 spiro atoms. The number of ketones is 1. The topological polar surface area (TPSA) is 29.1 Å². The number of halogens is 1. The number of carbonyl (C=O) groups excluding carboxylic acids is 1. The molecule has 2 aromatic rings. The Hall–Kier alpha value is -2.16. The van der Waals surface area contributed by atoms with E-state index < -0.39 is 0 Å². The molecule has 0 aromatic heterocycles. The molecule has 1 aliphatic carbocycles. The van der Waals surface area contributed by atoms with E-state index in [1.807, 2.05) is 0 Å². The predicted octanol–water partition coefficient (Wildman–Crippen LogP) is 5.56. The van der Waals surface area contributed by atoms with Crippen LogP contribution in [-0.4, -0.2) is 12.3 Å². The average Bonchev–Trinajstić information content (AvgIpc) is 2.63. The fourth-order valence-corrected chi connectivity index (χ4v) is 3.41. The predicted molar refractivity (Wildman–Crippen MR) is 96.1 cm³/mol. The largest absolute Gasteiger partial charge is 0.385 e. The fourth-order valence-electron chi connectivity index (χ4n) is 3.41. The molecule has 0 aliphatic heterocycles. The van der Waals surface area contributed by atoms with Gasteiger partial charge in [0.1, 0.15) is 5.82 Å². The van der Waals surface area contributed by atoms with E-state index in [9.17, 15) is 9.18 Å². The van der Waals surface area contributed by atoms with Crippen molar-refractivity contribution >= 4 is 11.5 Å². The number of nitrogens with one attached hydrogen (secondary N) is 1. The molecule has 0 radical (unpaired) electrons. The van der Waals surface area contributed by atoms with Gasteiger partial charge in [-0.1, -0.05) is 31.4 Å². The minimum Gasteiger partial charge on any atom is -0.385 e. The quantitative estimate of drug-likeness (QED) is 0.705. The normalized spacial score (nSPS) is 15.2. The van der Waals surface area contributed by atoms with Crippen LogP contribution in [0.1, 0.15) is 60.4 Å². The van der Waals surface area contributed by atoms with Gasteiger partial charge in [-0.05, 0) is 60.7 Å². The highest BCUT2D eigenvalue weighted by Gasteiger charge is 2.15. The van der Waals surface area contributed by atoms with Crippen molar-refractivity contribution in [3.05, 3.63) is 65.5 Å². The van der Waals surface area contributed by atoms with Crippen molar-refractivity contribution in [3.8, 4) is 0 Å². The van der Waals surface area contributed by atoms with E-state index in [-0.39, 0.29) is 11.6 Å². The summed E-state index contributed by atoms with van der Waals surface area (Å²) in [6.45, 7) is 0.582. The summed E-state index contributed by atoms with van der Waals surface area (Å²) in [6, 6.07) is 14.3. The van der Waals surface area contributed by atoms with Gasteiger partial charge in [0, 0.05) is 24.2 Å². The lowest BCUT2D eigenvalue weighted by molar-refractivity contribution is 0.0986. The second-order valence-electron chi connectivity index (χ2n) is 6.56. The number of carbonyl (C=O) groups is 1. The lowest BCUT2D eigenvalue weighted by Crippen LogP contribution is -2.09. The maximum atomic E-state index is 12.9. The van der Waals surface area contributed by atoms with Crippen molar-refractivity contribution in [2.24, 2.45) is 0 Å². The molecule has 1 N–H and O–H groups in total. The van der Waals surface area contributed by atoms with Crippen LogP contribution in [0.15, 0.2) is 48.5 Å². The van der Waals surface area contributed by atoms with Gasteiger partial charge in [0.2, 0.25) is 0 Å². The van der Waals surface area contributed by atoms with Crippen molar-refractivity contribution in [2.75, 3.05) is 11.9 Å². The van der Waals surface area contributed by atoms with Gasteiger partial charge < -0.3 is 5.32 Å².